The second-order valence-corrected chi connectivity index (χ2v) is 9.11. The Bertz CT molecular complexity index is 1430. The van der Waals surface area contributed by atoms with E-state index in [1.807, 2.05) is 37.3 Å². The fraction of sp³-hybridized carbons (Fsp3) is 0.125. The Labute approximate surface area is 193 Å². The molecule has 0 aliphatic carbocycles. The highest BCUT2D eigenvalue weighted by molar-refractivity contribution is 7.21. The van der Waals surface area contributed by atoms with Crippen LogP contribution in [0.3, 0.4) is 0 Å². The van der Waals surface area contributed by atoms with Crippen LogP contribution in [-0.2, 0) is 4.79 Å². The number of nitrogens with zero attached hydrogens (tertiary/aromatic N) is 1. The molecule has 1 unspecified atom stereocenters. The molecule has 1 atom stereocenters. The zero-order chi connectivity index (χ0) is 22.4. The topological polar surface area (TPSA) is 83.1 Å². The SMILES string of the molecule is C=CC(=O)Nc1cc(-c2ccc3c(ccc4sc5c(c43)NCC(C)NC5=O)n2)ccc1Cl. The van der Waals surface area contributed by atoms with Crippen LogP contribution in [-0.4, -0.2) is 29.4 Å². The molecular weight excluding hydrogens is 444 g/mol. The highest BCUT2D eigenvalue weighted by atomic mass is 35.5. The Hall–Kier alpha value is -3.42. The molecule has 2 aromatic carbocycles. The summed E-state index contributed by atoms with van der Waals surface area (Å²) in [6.45, 7) is 6.11. The van der Waals surface area contributed by atoms with E-state index < -0.39 is 0 Å². The summed E-state index contributed by atoms with van der Waals surface area (Å²) in [5.41, 5.74) is 3.77. The Kier molecular flexibility index (Phi) is 5.07. The second kappa shape index (κ2) is 7.93. The molecule has 0 saturated heterocycles. The van der Waals surface area contributed by atoms with Gasteiger partial charge in [0.1, 0.15) is 4.88 Å². The van der Waals surface area contributed by atoms with Gasteiger partial charge in [0.05, 0.1) is 27.6 Å². The maximum Gasteiger partial charge on any atom is 0.263 e. The van der Waals surface area contributed by atoms with E-state index in [0.717, 1.165) is 37.9 Å². The predicted molar refractivity (Wildman–Crippen MR) is 132 cm³/mol. The van der Waals surface area contributed by atoms with Crippen LogP contribution in [0.1, 0.15) is 16.6 Å². The van der Waals surface area contributed by atoms with Crippen LogP contribution < -0.4 is 16.0 Å². The predicted octanol–water partition coefficient (Wildman–Crippen LogP) is 5.44. The molecule has 0 saturated carbocycles. The number of rotatable bonds is 3. The summed E-state index contributed by atoms with van der Waals surface area (Å²) in [5.74, 6) is -0.381. The standard InChI is InChI=1S/C24H19ClN4O2S/c1-3-20(30)29-18-10-13(4-6-15(18)25)16-7-5-14-17(28-16)8-9-19-21(14)22-23(32-19)24(31)27-12(2)11-26-22/h3-10,12,26H,1,11H2,2H3,(H,27,31)(H,29,30). The lowest BCUT2D eigenvalue weighted by atomic mass is 10.1. The largest absolute Gasteiger partial charge is 0.381 e. The summed E-state index contributed by atoms with van der Waals surface area (Å²) in [4.78, 5) is 29.9. The first kappa shape index (κ1) is 20.5. The van der Waals surface area contributed by atoms with Crippen LogP contribution in [0.5, 0.6) is 0 Å². The average molecular weight is 463 g/mol. The van der Waals surface area contributed by atoms with E-state index in [-0.39, 0.29) is 17.9 Å². The smallest absolute Gasteiger partial charge is 0.263 e. The van der Waals surface area contributed by atoms with Gasteiger partial charge >= 0.3 is 0 Å². The van der Waals surface area contributed by atoms with Crippen molar-refractivity contribution in [1.29, 1.82) is 0 Å². The lowest BCUT2D eigenvalue weighted by molar-refractivity contribution is -0.111. The monoisotopic (exact) mass is 462 g/mol. The van der Waals surface area contributed by atoms with Crippen molar-refractivity contribution in [3.63, 3.8) is 0 Å². The van der Waals surface area contributed by atoms with Crippen molar-refractivity contribution < 1.29 is 9.59 Å². The molecule has 160 valence electrons. The normalized spacial score (nSPS) is 15.6. The van der Waals surface area contributed by atoms with Gasteiger partial charge in [-0.05, 0) is 49.4 Å². The molecule has 0 fully saturated rings. The van der Waals surface area contributed by atoms with E-state index in [0.29, 0.717) is 22.1 Å². The Morgan fingerprint density at radius 3 is 2.94 bits per heavy atom. The first-order chi connectivity index (χ1) is 15.4. The third-order valence-electron chi connectivity index (χ3n) is 5.40. The molecule has 5 rings (SSSR count). The van der Waals surface area contributed by atoms with Gasteiger partial charge in [-0.15, -0.1) is 11.3 Å². The fourth-order valence-electron chi connectivity index (χ4n) is 3.85. The summed E-state index contributed by atoms with van der Waals surface area (Å²) >= 11 is 7.71. The van der Waals surface area contributed by atoms with Gasteiger partial charge in [0.2, 0.25) is 5.91 Å². The zero-order valence-electron chi connectivity index (χ0n) is 17.2. The van der Waals surface area contributed by atoms with Crippen LogP contribution in [0.2, 0.25) is 5.02 Å². The van der Waals surface area contributed by atoms with Gasteiger partial charge < -0.3 is 16.0 Å². The number of halogens is 1. The maximum absolute atomic E-state index is 12.6. The molecule has 0 spiro atoms. The molecule has 3 heterocycles. The van der Waals surface area contributed by atoms with Crippen LogP contribution in [0.25, 0.3) is 32.2 Å². The van der Waals surface area contributed by atoms with Crippen molar-refractivity contribution in [3.05, 3.63) is 65.0 Å². The second-order valence-electron chi connectivity index (χ2n) is 7.65. The molecule has 3 N–H and O–H groups in total. The Morgan fingerprint density at radius 2 is 2.12 bits per heavy atom. The quantitative estimate of drug-likeness (QED) is 0.354. The van der Waals surface area contributed by atoms with Gasteiger partial charge in [-0.25, -0.2) is 4.98 Å². The van der Waals surface area contributed by atoms with Crippen molar-refractivity contribution in [3.8, 4) is 11.3 Å². The van der Waals surface area contributed by atoms with Gasteiger partial charge in [-0.1, -0.05) is 24.2 Å². The van der Waals surface area contributed by atoms with Crippen molar-refractivity contribution in [2.24, 2.45) is 0 Å². The fourth-order valence-corrected chi connectivity index (χ4v) is 5.11. The molecule has 1 aliphatic heterocycles. The molecule has 2 aromatic heterocycles. The van der Waals surface area contributed by atoms with E-state index in [1.54, 1.807) is 12.1 Å². The summed E-state index contributed by atoms with van der Waals surface area (Å²) in [6, 6.07) is 13.4. The van der Waals surface area contributed by atoms with E-state index in [4.69, 9.17) is 16.6 Å². The number of anilines is 2. The number of hydrogen-bond acceptors (Lipinski definition) is 5. The van der Waals surface area contributed by atoms with E-state index >= 15 is 0 Å². The molecule has 0 radical (unpaired) electrons. The van der Waals surface area contributed by atoms with Gasteiger partial charge in [0.15, 0.2) is 0 Å². The molecular formula is C24H19ClN4O2S. The Balaban J connectivity index is 1.62. The van der Waals surface area contributed by atoms with Crippen LogP contribution in [0, 0.1) is 0 Å². The van der Waals surface area contributed by atoms with E-state index in [1.165, 1.54) is 17.4 Å². The average Bonchev–Trinajstić information content (AvgIpc) is 3.11. The minimum Gasteiger partial charge on any atom is -0.381 e. The van der Waals surface area contributed by atoms with Crippen molar-refractivity contribution in [2.75, 3.05) is 17.2 Å². The Morgan fingerprint density at radius 1 is 1.28 bits per heavy atom. The first-order valence-corrected chi connectivity index (χ1v) is 11.3. The van der Waals surface area contributed by atoms with Gasteiger partial charge in [-0.2, -0.15) is 0 Å². The first-order valence-electron chi connectivity index (χ1n) is 10.1. The van der Waals surface area contributed by atoms with Crippen LogP contribution >= 0.6 is 22.9 Å². The number of fused-ring (bicyclic) bond motifs is 5. The van der Waals surface area contributed by atoms with Crippen LogP contribution in [0.15, 0.2) is 55.1 Å². The van der Waals surface area contributed by atoms with Gasteiger partial charge in [0.25, 0.3) is 5.91 Å². The van der Waals surface area contributed by atoms with Gasteiger partial charge in [0, 0.05) is 33.6 Å². The number of pyridine rings is 1. The van der Waals surface area contributed by atoms with Crippen molar-refractivity contribution in [2.45, 2.75) is 13.0 Å². The third kappa shape index (κ3) is 3.49. The number of carbonyl (C=O) groups excluding carboxylic acids is 2. The number of aromatic nitrogens is 1. The molecule has 6 nitrogen and oxygen atoms in total. The highest BCUT2D eigenvalue weighted by Gasteiger charge is 2.24. The minimum absolute atomic E-state index is 0.0494. The number of amides is 2. The summed E-state index contributed by atoms with van der Waals surface area (Å²) in [7, 11) is 0. The number of nitrogens with one attached hydrogen (secondary N) is 3. The molecule has 4 aromatic rings. The number of thiophene rings is 1. The molecule has 2 amide bonds. The minimum atomic E-state index is -0.332. The molecule has 8 heteroatoms. The molecule has 32 heavy (non-hydrogen) atoms. The lowest BCUT2D eigenvalue weighted by Crippen LogP contribution is -2.34. The summed E-state index contributed by atoms with van der Waals surface area (Å²) in [5, 5.41) is 11.6. The zero-order valence-corrected chi connectivity index (χ0v) is 18.7. The van der Waals surface area contributed by atoms with Crippen molar-refractivity contribution >= 4 is 67.1 Å². The molecule has 0 bridgehead atoms. The van der Waals surface area contributed by atoms with E-state index in [9.17, 15) is 9.59 Å². The van der Waals surface area contributed by atoms with Gasteiger partial charge in [-0.3, -0.25) is 9.59 Å². The number of carbonyl (C=O) groups is 2. The number of benzene rings is 2. The number of hydrogen-bond donors (Lipinski definition) is 3. The highest BCUT2D eigenvalue weighted by Crippen LogP contribution is 2.41. The maximum atomic E-state index is 12.6. The summed E-state index contributed by atoms with van der Waals surface area (Å²) in [6.07, 6.45) is 1.20. The lowest BCUT2D eigenvalue weighted by Gasteiger charge is -2.11. The van der Waals surface area contributed by atoms with Crippen LogP contribution in [0.4, 0.5) is 11.4 Å². The van der Waals surface area contributed by atoms with Crippen molar-refractivity contribution in [1.82, 2.24) is 10.3 Å². The summed E-state index contributed by atoms with van der Waals surface area (Å²) < 4.78 is 1.04. The van der Waals surface area contributed by atoms with E-state index in [2.05, 4.69) is 22.5 Å². The third-order valence-corrected chi connectivity index (χ3v) is 6.88. The molecule has 1 aliphatic rings.